The number of non-ortho nitro benzene ring substituents is 1. The van der Waals surface area contributed by atoms with Gasteiger partial charge in [-0.3, -0.25) is 24.6 Å². The van der Waals surface area contributed by atoms with Gasteiger partial charge in [-0.25, -0.2) is 0 Å². The predicted octanol–water partition coefficient (Wildman–Crippen LogP) is 4.41. The maximum absolute atomic E-state index is 12.6. The molecule has 1 aliphatic heterocycles. The average molecular weight is 463 g/mol. The van der Waals surface area contributed by atoms with E-state index in [2.05, 4.69) is 0 Å². The molecule has 2 N–H and O–H groups in total. The van der Waals surface area contributed by atoms with Gasteiger partial charge in [-0.05, 0) is 31.0 Å². The van der Waals surface area contributed by atoms with E-state index in [0.717, 1.165) is 17.8 Å². The maximum Gasteiger partial charge on any atom is 0.303 e. The van der Waals surface area contributed by atoms with Crippen LogP contribution in [0, 0.1) is 10.1 Å². The summed E-state index contributed by atoms with van der Waals surface area (Å²) in [5.41, 5.74) is 0.0545. The van der Waals surface area contributed by atoms with Gasteiger partial charge in [0.1, 0.15) is 21.6 Å². The van der Waals surface area contributed by atoms with Gasteiger partial charge < -0.3 is 14.6 Å². The minimum absolute atomic E-state index is 0.101. The highest BCUT2D eigenvalue weighted by atomic mass is 32.2. The van der Waals surface area contributed by atoms with Gasteiger partial charge in [0.2, 0.25) is 0 Å². The summed E-state index contributed by atoms with van der Waals surface area (Å²) in [4.78, 5) is 35.3. The Bertz CT molecular complexity index is 1080. The number of hydrogen-bond donors (Lipinski definition) is 2. The molecule has 3 rings (SSSR count). The number of rotatable bonds is 9. The first-order valence-corrected chi connectivity index (χ1v) is 10.5. The molecule has 1 fully saturated rings. The molecule has 0 bridgehead atoms. The SMILES string of the molecule is O=C(O)CCCCCN1C(=O)/C(=C\c2ccc(-c3ccc([N+](=O)[O-])cc3O)o2)SC1=S. The monoisotopic (exact) mass is 462 g/mol. The molecule has 1 amide bonds. The number of carbonyl (C=O) groups excluding carboxylic acids is 1. The van der Waals surface area contributed by atoms with Crippen LogP contribution in [0.2, 0.25) is 0 Å². The Morgan fingerprint density at radius 1 is 1.26 bits per heavy atom. The van der Waals surface area contributed by atoms with Gasteiger partial charge in [-0.2, -0.15) is 0 Å². The van der Waals surface area contributed by atoms with E-state index in [9.17, 15) is 24.8 Å². The lowest BCUT2D eigenvalue weighted by Crippen LogP contribution is -2.29. The lowest BCUT2D eigenvalue weighted by molar-refractivity contribution is -0.384. The molecule has 9 nitrogen and oxygen atoms in total. The molecular formula is C20H18N2O7S2. The number of nitro groups is 1. The highest BCUT2D eigenvalue weighted by Crippen LogP contribution is 2.36. The van der Waals surface area contributed by atoms with E-state index >= 15 is 0 Å². The Hall–Kier alpha value is -3.18. The molecule has 0 radical (unpaired) electrons. The van der Waals surface area contributed by atoms with E-state index in [-0.39, 0.29) is 23.8 Å². The van der Waals surface area contributed by atoms with Crippen LogP contribution in [-0.4, -0.2) is 42.8 Å². The zero-order chi connectivity index (χ0) is 22.5. The molecule has 0 saturated carbocycles. The van der Waals surface area contributed by atoms with Crippen LogP contribution >= 0.6 is 24.0 Å². The van der Waals surface area contributed by atoms with E-state index in [1.807, 2.05) is 0 Å². The molecule has 1 aromatic heterocycles. The van der Waals surface area contributed by atoms with Crippen LogP contribution in [0.1, 0.15) is 31.4 Å². The van der Waals surface area contributed by atoms with E-state index in [1.54, 1.807) is 18.2 Å². The van der Waals surface area contributed by atoms with E-state index in [1.165, 1.54) is 17.0 Å². The zero-order valence-electron chi connectivity index (χ0n) is 16.1. The Morgan fingerprint density at radius 2 is 2.03 bits per heavy atom. The van der Waals surface area contributed by atoms with Crippen molar-refractivity contribution in [1.29, 1.82) is 0 Å². The number of carboxylic acid groups (broad SMARTS) is 1. The second-order valence-corrected chi connectivity index (χ2v) is 8.37. The highest BCUT2D eigenvalue weighted by molar-refractivity contribution is 8.26. The fourth-order valence-corrected chi connectivity index (χ4v) is 4.25. The Morgan fingerprint density at radius 3 is 2.71 bits per heavy atom. The molecule has 2 aromatic rings. The zero-order valence-corrected chi connectivity index (χ0v) is 17.8. The van der Waals surface area contributed by atoms with Crippen LogP contribution < -0.4 is 0 Å². The number of furan rings is 1. The normalized spacial score (nSPS) is 15.1. The van der Waals surface area contributed by atoms with Crippen molar-refractivity contribution in [3.63, 3.8) is 0 Å². The number of amides is 1. The van der Waals surface area contributed by atoms with Crippen LogP contribution in [0.5, 0.6) is 5.75 Å². The summed E-state index contributed by atoms with van der Waals surface area (Å²) >= 11 is 6.43. The molecule has 0 unspecified atom stereocenters. The van der Waals surface area contributed by atoms with Crippen LogP contribution in [-0.2, 0) is 9.59 Å². The number of carboxylic acids is 1. The topological polar surface area (TPSA) is 134 Å². The molecule has 2 heterocycles. The van der Waals surface area contributed by atoms with Crippen molar-refractivity contribution in [2.45, 2.75) is 25.7 Å². The predicted molar refractivity (Wildman–Crippen MR) is 118 cm³/mol. The van der Waals surface area contributed by atoms with Crippen molar-refractivity contribution in [3.8, 4) is 17.1 Å². The van der Waals surface area contributed by atoms with Crippen LogP contribution in [0.15, 0.2) is 39.7 Å². The number of thioether (sulfide) groups is 1. The summed E-state index contributed by atoms with van der Waals surface area (Å²) in [5, 5.41) is 29.5. The van der Waals surface area contributed by atoms with Crippen molar-refractivity contribution in [2.75, 3.05) is 6.54 Å². The number of benzene rings is 1. The molecular weight excluding hydrogens is 444 g/mol. The second-order valence-electron chi connectivity index (χ2n) is 6.70. The summed E-state index contributed by atoms with van der Waals surface area (Å²) in [5.74, 6) is -0.704. The molecule has 11 heteroatoms. The minimum atomic E-state index is -0.839. The van der Waals surface area contributed by atoms with Gasteiger partial charge in [0.25, 0.3) is 11.6 Å². The number of phenols is 1. The quantitative estimate of drug-likeness (QED) is 0.183. The van der Waals surface area contributed by atoms with Gasteiger partial charge in [-0.15, -0.1) is 0 Å². The fourth-order valence-electron chi connectivity index (χ4n) is 2.96. The Kier molecular flexibility index (Phi) is 7.08. The number of nitro benzene ring substituents is 1. The molecule has 0 spiro atoms. The Balaban J connectivity index is 1.67. The van der Waals surface area contributed by atoms with Crippen molar-refractivity contribution >= 4 is 51.9 Å². The van der Waals surface area contributed by atoms with E-state index < -0.39 is 10.9 Å². The van der Waals surface area contributed by atoms with Crippen molar-refractivity contribution in [2.24, 2.45) is 0 Å². The Labute approximate surface area is 186 Å². The summed E-state index contributed by atoms with van der Waals surface area (Å²) in [7, 11) is 0. The van der Waals surface area contributed by atoms with Crippen LogP contribution in [0.25, 0.3) is 17.4 Å². The third kappa shape index (κ3) is 5.50. The van der Waals surface area contributed by atoms with Gasteiger partial charge >= 0.3 is 5.97 Å². The fraction of sp³-hybridized carbons (Fsp3) is 0.250. The molecule has 0 atom stereocenters. The summed E-state index contributed by atoms with van der Waals surface area (Å²) in [6.45, 7) is 0.418. The third-order valence-electron chi connectivity index (χ3n) is 4.50. The standard InChI is InChI=1S/C20H18N2O7S2/c23-15-10-12(22(27)28)5-7-14(15)16-8-6-13(29-16)11-17-19(26)21(20(30)31-17)9-3-1-2-4-18(24)25/h5-8,10-11,23H,1-4,9H2,(H,24,25)/b17-11+. The lowest BCUT2D eigenvalue weighted by Gasteiger charge is -2.13. The first kappa shape index (κ1) is 22.5. The third-order valence-corrected chi connectivity index (χ3v) is 5.88. The van der Waals surface area contributed by atoms with Gasteiger partial charge in [0.05, 0.1) is 21.5 Å². The smallest absolute Gasteiger partial charge is 0.303 e. The number of aliphatic carboxylic acids is 1. The van der Waals surface area contributed by atoms with Crippen LogP contribution in [0.4, 0.5) is 5.69 Å². The van der Waals surface area contributed by atoms with Crippen molar-refractivity contribution in [3.05, 3.63) is 51.1 Å². The number of unbranched alkanes of at least 4 members (excludes halogenated alkanes) is 2. The largest absolute Gasteiger partial charge is 0.507 e. The van der Waals surface area contributed by atoms with Crippen molar-refractivity contribution < 1.29 is 29.1 Å². The molecule has 1 aliphatic rings. The first-order valence-electron chi connectivity index (χ1n) is 9.31. The van der Waals surface area contributed by atoms with Gasteiger partial charge in [-0.1, -0.05) is 30.4 Å². The second kappa shape index (κ2) is 9.75. The van der Waals surface area contributed by atoms with E-state index in [0.29, 0.717) is 52.1 Å². The minimum Gasteiger partial charge on any atom is -0.507 e. The van der Waals surface area contributed by atoms with Gasteiger partial charge in [0, 0.05) is 25.1 Å². The summed E-state index contributed by atoms with van der Waals surface area (Å²) in [6, 6.07) is 6.91. The van der Waals surface area contributed by atoms with Crippen molar-refractivity contribution in [1.82, 2.24) is 4.90 Å². The number of hydrogen-bond acceptors (Lipinski definition) is 8. The number of nitrogens with zero attached hydrogens (tertiary/aromatic N) is 2. The van der Waals surface area contributed by atoms with E-state index in [4.69, 9.17) is 21.7 Å². The maximum atomic E-state index is 12.6. The number of carbonyl (C=O) groups is 2. The molecule has 162 valence electrons. The van der Waals surface area contributed by atoms with Gasteiger partial charge in [0.15, 0.2) is 0 Å². The molecule has 0 aliphatic carbocycles. The average Bonchev–Trinajstić information content (AvgIpc) is 3.27. The summed E-state index contributed by atoms with van der Waals surface area (Å²) < 4.78 is 6.10. The lowest BCUT2D eigenvalue weighted by atomic mass is 10.1. The summed E-state index contributed by atoms with van der Waals surface area (Å²) in [6.07, 6.45) is 3.53. The molecule has 31 heavy (non-hydrogen) atoms. The first-order chi connectivity index (χ1) is 14.8. The molecule has 1 saturated heterocycles. The number of thiocarbonyl (C=S) groups is 1. The number of aromatic hydroxyl groups is 1. The van der Waals surface area contributed by atoms with Crippen LogP contribution in [0.3, 0.4) is 0 Å². The molecule has 1 aromatic carbocycles. The highest BCUT2D eigenvalue weighted by Gasteiger charge is 2.31. The number of phenolic OH excluding ortho intramolecular Hbond substituents is 1.